The van der Waals surface area contributed by atoms with E-state index in [0.29, 0.717) is 6.54 Å². The molecule has 2 amide bonds. The first-order valence-electron chi connectivity index (χ1n) is 6.95. The number of nitrogens with one attached hydrogen (secondary N) is 2. The van der Waals surface area contributed by atoms with Crippen molar-refractivity contribution in [2.75, 3.05) is 0 Å². The molecule has 0 heterocycles. The van der Waals surface area contributed by atoms with E-state index in [9.17, 15) is 9.59 Å². The van der Waals surface area contributed by atoms with Gasteiger partial charge in [-0.05, 0) is 36.3 Å². The van der Waals surface area contributed by atoms with Crippen LogP contribution in [0.4, 0.5) is 4.79 Å². The Morgan fingerprint density at radius 3 is 2.50 bits per heavy atom. The Morgan fingerprint density at radius 1 is 1.30 bits per heavy atom. The Balaban J connectivity index is 1.87. The molecule has 0 radical (unpaired) electrons. The van der Waals surface area contributed by atoms with Crippen LogP contribution in [0.5, 0.6) is 0 Å². The average Bonchev–Trinajstić information content (AvgIpc) is 3.27. The first-order chi connectivity index (χ1) is 9.61. The number of carbonyl (C=O) groups is 2. The van der Waals surface area contributed by atoms with Crippen LogP contribution >= 0.6 is 0 Å². The predicted molar refractivity (Wildman–Crippen MR) is 75.3 cm³/mol. The van der Waals surface area contributed by atoms with Gasteiger partial charge in [-0.2, -0.15) is 0 Å². The molecule has 1 saturated carbocycles. The van der Waals surface area contributed by atoms with Gasteiger partial charge in [0.05, 0.1) is 0 Å². The molecule has 20 heavy (non-hydrogen) atoms. The van der Waals surface area contributed by atoms with E-state index in [1.165, 1.54) is 5.56 Å². The highest BCUT2D eigenvalue weighted by Gasteiger charge is 2.37. The first-order valence-corrected chi connectivity index (χ1v) is 6.95. The van der Waals surface area contributed by atoms with E-state index >= 15 is 0 Å². The zero-order chi connectivity index (χ0) is 14.5. The molecule has 0 saturated heterocycles. The summed E-state index contributed by atoms with van der Waals surface area (Å²) in [7, 11) is 0. The Labute approximate surface area is 118 Å². The van der Waals surface area contributed by atoms with Gasteiger partial charge in [0.25, 0.3) is 0 Å². The summed E-state index contributed by atoms with van der Waals surface area (Å²) in [5.41, 5.74) is 2.24. The molecular formula is C15H20N2O3. The maximum atomic E-state index is 11.8. The van der Waals surface area contributed by atoms with Crippen LogP contribution in [0.3, 0.4) is 0 Å². The number of hydrogen-bond acceptors (Lipinski definition) is 2. The third-order valence-corrected chi connectivity index (χ3v) is 3.58. The average molecular weight is 276 g/mol. The number of benzene rings is 1. The molecule has 1 aliphatic rings. The van der Waals surface area contributed by atoms with Gasteiger partial charge in [0.15, 0.2) is 0 Å². The number of amides is 2. The third-order valence-electron chi connectivity index (χ3n) is 3.58. The van der Waals surface area contributed by atoms with Gasteiger partial charge in [0.2, 0.25) is 0 Å². The first kappa shape index (κ1) is 14.4. The number of rotatable bonds is 6. The second-order valence-electron chi connectivity index (χ2n) is 5.10. The quantitative estimate of drug-likeness (QED) is 0.742. The molecular weight excluding hydrogens is 256 g/mol. The van der Waals surface area contributed by atoms with Crippen LogP contribution in [0.25, 0.3) is 0 Å². The van der Waals surface area contributed by atoms with E-state index in [0.717, 1.165) is 24.8 Å². The second kappa shape index (κ2) is 6.41. The minimum atomic E-state index is -0.961. The Hall–Kier alpha value is -2.04. The van der Waals surface area contributed by atoms with Crippen molar-refractivity contribution < 1.29 is 14.7 Å². The number of aliphatic carboxylic acids is 1. The highest BCUT2D eigenvalue weighted by atomic mass is 16.4. The van der Waals surface area contributed by atoms with Crippen LogP contribution in [0, 0.1) is 5.92 Å². The van der Waals surface area contributed by atoms with E-state index in [4.69, 9.17) is 5.11 Å². The highest BCUT2D eigenvalue weighted by molar-refractivity contribution is 5.83. The van der Waals surface area contributed by atoms with Crippen molar-refractivity contribution in [1.29, 1.82) is 0 Å². The molecule has 1 unspecified atom stereocenters. The number of aryl methyl sites for hydroxylation is 1. The zero-order valence-corrected chi connectivity index (χ0v) is 11.6. The molecule has 5 nitrogen and oxygen atoms in total. The molecule has 5 heteroatoms. The van der Waals surface area contributed by atoms with Gasteiger partial charge >= 0.3 is 12.0 Å². The molecule has 0 spiro atoms. The molecule has 0 aliphatic heterocycles. The number of carbonyl (C=O) groups excluding carboxylic acids is 1. The molecule has 108 valence electrons. The lowest BCUT2D eigenvalue weighted by Gasteiger charge is -2.15. The maximum Gasteiger partial charge on any atom is 0.326 e. The van der Waals surface area contributed by atoms with E-state index in [-0.39, 0.29) is 5.92 Å². The molecule has 3 N–H and O–H groups in total. The van der Waals surface area contributed by atoms with Gasteiger partial charge in [-0.3, -0.25) is 0 Å². The van der Waals surface area contributed by atoms with Gasteiger partial charge in [-0.15, -0.1) is 0 Å². The molecule has 1 aromatic rings. The summed E-state index contributed by atoms with van der Waals surface area (Å²) in [5.74, 6) is -0.877. The normalized spacial score (nSPS) is 15.4. The summed E-state index contributed by atoms with van der Waals surface area (Å²) in [6.45, 7) is 2.47. The van der Waals surface area contributed by atoms with Crippen molar-refractivity contribution in [1.82, 2.24) is 10.6 Å². The van der Waals surface area contributed by atoms with Crippen LogP contribution < -0.4 is 10.6 Å². The summed E-state index contributed by atoms with van der Waals surface area (Å²) in [6.07, 6.45) is 2.64. The highest BCUT2D eigenvalue weighted by Crippen LogP contribution is 2.32. The molecule has 2 rings (SSSR count). The fourth-order valence-electron chi connectivity index (χ4n) is 2.25. The summed E-state index contributed by atoms with van der Waals surface area (Å²) in [4.78, 5) is 22.8. The van der Waals surface area contributed by atoms with E-state index in [2.05, 4.69) is 17.6 Å². The summed E-state index contributed by atoms with van der Waals surface area (Å²) in [5, 5.41) is 14.3. The topological polar surface area (TPSA) is 78.4 Å². The SMILES string of the molecule is CCc1ccccc1CNC(=O)NC(C(=O)O)C1CC1. The van der Waals surface area contributed by atoms with Gasteiger partial charge in [0, 0.05) is 6.54 Å². The van der Waals surface area contributed by atoms with Gasteiger partial charge in [0.1, 0.15) is 6.04 Å². The van der Waals surface area contributed by atoms with Crippen molar-refractivity contribution in [2.24, 2.45) is 5.92 Å². The Morgan fingerprint density at radius 2 is 1.95 bits per heavy atom. The lowest BCUT2D eigenvalue weighted by molar-refractivity contribution is -0.139. The number of urea groups is 1. The molecule has 0 bridgehead atoms. The lowest BCUT2D eigenvalue weighted by Crippen LogP contribution is -2.47. The van der Waals surface area contributed by atoms with E-state index < -0.39 is 18.0 Å². The number of carboxylic acid groups (broad SMARTS) is 1. The van der Waals surface area contributed by atoms with Gasteiger partial charge in [-0.25, -0.2) is 9.59 Å². The Bertz CT molecular complexity index is 498. The minimum Gasteiger partial charge on any atom is -0.480 e. The van der Waals surface area contributed by atoms with Gasteiger partial charge in [-0.1, -0.05) is 31.2 Å². The monoisotopic (exact) mass is 276 g/mol. The summed E-state index contributed by atoms with van der Waals surface area (Å²) in [6, 6.07) is 6.70. The van der Waals surface area contributed by atoms with Crippen molar-refractivity contribution in [3.8, 4) is 0 Å². The van der Waals surface area contributed by atoms with Crippen LogP contribution in [0.2, 0.25) is 0 Å². The fourth-order valence-corrected chi connectivity index (χ4v) is 2.25. The third kappa shape index (κ3) is 3.73. The van der Waals surface area contributed by atoms with Crippen LogP contribution in [-0.4, -0.2) is 23.1 Å². The van der Waals surface area contributed by atoms with E-state index in [1.807, 2.05) is 24.3 Å². The minimum absolute atomic E-state index is 0.0844. The fraction of sp³-hybridized carbons (Fsp3) is 0.467. The van der Waals surface area contributed by atoms with Crippen molar-refractivity contribution in [2.45, 2.75) is 38.8 Å². The maximum absolute atomic E-state index is 11.8. The van der Waals surface area contributed by atoms with Crippen molar-refractivity contribution in [3.05, 3.63) is 35.4 Å². The second-order valence-corrected chi connectivity index (χ2v) is 5.10. The number of hydrogen-bond donors (Lipinski definition) is 3. The lowest BCUT2D eigenvalue weighted by atomic mass is 10.1. The zero-order valence-electron chi connectivity index (χ0n) is 11.6. The largest absolute Gasteiger partial charge is 0.480 e. The predicted octanol–water partition coefficient (Wildman–Crippen LogP) is 1.91. The molecule has 0 aromatic heterocycles. The summed E-state index contributed by atoms with van der Waals surface area (Å²) < 4.78 is 0. The van der Waals surface area contributed by atoms with Crippen LogP contribution in [-0.2, 0) is 17.8 Å². The van der Waals surface area contributed by atoms with Crippen molar-refractivity contribution >= 4 is 12.0 Å². The number of carboxylic acids is 1. The summed E-state index contributed by atoms with van der Waals surface area (Å²) >= 11 is 0. The van der Waals surface area contributed by atoms with Crippen LogP contribution in [0.15, 0.2) is 24.3 Å². The standard InChI is InChI=1S/C15H20N2O3/c1-2-10-5-3-4-6-12(10)9-16-15(20)17-13(14(18)19)11-7-8-11/h3-6,11,13H,2,7-9H2,1H3,(H,18,19)(H2,16,17,20). The van der Waals surface area contributed by atoms with Crippen molar-refractivity contribution in [3.63, 3.8) is 0 Å². The molecule has 1 atom stereocenters. The Kier molecular flexibility index (Phi) is 4.61. The molecule has 1 fully saturated rings. The smallest absolute Gasteiger partial charge is 0.326 e. The van der Waals surface area contributed by atoms with Crippen LogP contribution in [0.1, 0.15) is 30.9 Å². The van der Waals surface area contributed by atoms with Gasteiger partial charge < -0.3 is 15.7 Å². The molecule has 1 aliphatic carbocycles. The van der Waals surface area contributed by atoms with E-state index in [1.54, 1.807) is 0 Å². The molecule has 1 aromatic carbocycles.